The first-order valence-electron chi connectivity index (χ1n) is 5.25. The molecule has 0 unspecified atom stereocenters. The summed E-state index contributed by atoms with van der Waals surface area (Å²) in [6.07, 6.45) is 7.56. The van der Waals surface area contributed by atoms with Crippen molar-refractivity contribution in [1.82, 2.24) is 10.2 Å². The highest BCUT2D eigenvalue weighted by Gasteiger charge is 2.17. The molecule has 0 N–H and O–H groups in total. The summed E-state index contributed by atoms with van der Waals surface area (Å²) >= 11 is 7.39. The fourth-order valence-corrected chi connectivity index (χ4v) is 3.26. The van der Waals surface area contributed by atoms with Gasteiger partial charge in [0.2, 0.25) is 0 Å². The van der Waals surface area contributed by atoms with Crippen molar-refractivity contribution in [3.05, 3.63) is 10.0 Å². The van der Waals surface area contributed by atoms with Crippen LogP contribution in [0.15, 0.2) is 0 Å². The summed E-state index contributed by atoms with van der Waals surface area (Å²) in [6.45, 7) is 0. The van der Waals surface area contributed by atoms with Crippen molar-refractivity contribution in [3.8, 4) is 0 Å². The highest BCUT2D eigenvalue weighted by atomic mass is 35.5. The summed E-state index contributed by atoms with van der Waals surface area (Å²) in [6, 6.07) is 0. The summed E-state index contributed by atoms with van der Waals surface area (Å²) < 4.78 is 0. The van der Waals surface area contributed by atoms with Crippen molar-refractivity contribution in [1.29, 1.82) is 0 Å². The maximum atomic E-state index is 5.65. The molecule has 0 aliphatic heterocycles. The molecule has 1 aliphatic rings. The third kappa shape index (κ3) is 2.67. The molecule has 1 aliphatic carbocycles. The molecule has 14 heavy (non-hydrogen) atoms. The van der Waals surface area contributed by atoms with E-state index < -0.39 is 0 Å². The normalized spacial score (nSPS) is 17.8. The van der Waals surface area contributed by atoms with E-state index in [4.69, 9.17) is 11.6 Å². The largest absolute Gasteiger partial charge is 0.144 e. The van der Waals surface area contributed by atoms with Gasteiger partial charge in [0.15, 0.2) is 0 Å². The van der Waals surface area contributed by atoms with Crippen LogP contribution in [0.3, 0.4) is 0 Å². The van der Waals surface area contributed by atoms with Gasteiger partial charge in [-0.2, -0.15) is 0 Å². The maximum absolute atomic E-state index is 5.65. The Morgan fingerprint density at radius 1 is 1.21 bits per heavy atom. The van der Waals surface area contributed by atoms with Crippen molar-refractivity contribution in [2.75, 3.05) is 5.88 Å². The molecule has 0 bridgehead atoms. The Balaban J connectivity index is 1.88. The summed E-state index contributed by atoms with van der Waals surface area (Å²) in [4.78, 5) is 0. The van der Waals surface area contributed by atoms with E-state index in [2.05, 4.69) is 10.2 Å². The summed E-state index contributed by atoms with van der Waals surface area (Å²) in [7, 11) is 0. The Hall–Kier alpha value is -0.150. The summed E-state index contributed by atoms with van der Waals surface area (Å²) in [5.74, 6) is 1.52. The van der Waals surface area contributed by atoms with Crippen LogP contribution < -0.4 is 0 Å². The Kier molecular flexibility index (Phi) is 3.76. The van der Waals surface area contributed by atoms with Crippen molar-refractivity contribution in [3.63, 3.8) is 0 Å². The van der Waals surface area contributed by atoms with Gasteiger partial charge in [-0.05, 0) is 5.92 Å². The molecule has 0 aromatic carbocycles. The molecule has 2 nitrogen and oxygen atoms in total. The Morgan fingerprint density at radius 3 is 2.64 bits per heavy atom. The minimum absolute atomic E-state index is 0.651. The lowest BCUT2D eigenvalue weighted by molar-refractivity contribution is 0.542. The van der Waals surface area contributed by atoms with Crippen molar-refractivity contribution >= 4 is 22.9 Å². The van der Waals surface area contributed by atoms with Crippen LogP contribution in [0.2, 0.25) is 0 Å². The Labute approximate surface area is 93.7 Å². The number of nitrogens with zero attached hydrogens (tertiary/aromatic N) is 2. The third-order valence-corrected chi connectivity index (χ3v) is 3.95. The van der Waals surface area contributed by atoms with Crippen LogP contribution in [0.25, 0.3) is 0 Å². The van der Waals surface area contributed by atoms with E-state index >= 15 is 0 Å². The van der Waals surface area contributed by atoms with E-state index in [0.717, 1.165) is 23.8 Å². The molecular formula is C10H15ClN2S. The molecule has 78 valence electrons. The first kappa shape index (κ1) is 10.4. The summed E-state index contributed by atoms with van der Waals surface area (Å²) in [5, 5.41) is 10.6. The molecule has 2 rings (SSSR count). The number of rotatable bonds is 4. The molecule has 0 atom stereocenters. The van der Waals surface area contributed by atoms with Crippen molar-refractivity contribution in [2.24, 2.45) is 5.92 Å². The quantitative estimate of drug-likeness (QED) is 0.743. The smallest absolute Gasteiger partial charge is 0.118 e. The molecule has 1 fully saturated rings. The van der Waals surface area contributed by atoms with Gasteiger partial charge in [0.05, 0.1) is 0 Å². The van der Waals surface area contributed by atoms with E-state index in [1.165, 1.54) is 30.7 Å². The standard InChI is InChI=1S/C10H15ClN2S/c11-6-5-9-12-13-10(14-9)7-8-3-1-2-4-8/h8H,1-7H2. The molecule has 0 saturated heterocycles. The van der Waals surface area contributed by atoms with Gasteiger partial charge in [-0.25, -0.2) is 0 Å². The van der Waals surface area contributed by atoms with Crippen LogP contribution in [0, 0.1) is 5.92 Å². The average Bonchev–Trinajstić information content (AvgIpc) is 2.79. The topological polar surface area (TPSA) is 25.8 Å². The zero-order chi connectivity index (χ0) is 9.80. The number of aromatic nitrogens is 2. The second kappa shape index (κ2) is 5.08. The van der Waals surface area contributed by atoms with Gasteiger partial charge in [-0.3, -0.25) is 0 Å². The highest BCUT2D eigenvalue weighted by molar-refractivity contribution is 7.11. The lowest BCUT2D eigenvalue weighted by Gasteiger charge is -2.03. The van der Waals surface area contributed by atoms with Gasteiger partial charge in [-0.1, -0.05) is 25.7 Å². The van der Waals surface area contributed by atoms with Gasteiger partial charge in [0.1, 0.15) is 10.0 Å². The van der Waals surface area contributed by atoms with E-state index in [0.29, 0.717) is 5.88 Å². The van der Waals surface area contributed by atoms with Gasteiger partial charge in [0, 0.05) is 18.7 Å². The molecule has 0 radical (unpaired) electrons. The van der Waals surface area contributed by atoms with Crippen LogP contribution in [0.5, 0.6) is 0 Å². The zero-order valence-corrected chi connectivity index (χ0v) is 9.78. The molecule has 1 aromatic heterocycles. The number of hydrogen-bond donors (Lipinski definition) is 0. The lowest BCUT2D eigenvalue weighted by Crippen LogP contribution is -1.97. The molecule has 0 amide bonds. The fourth-order valence-electron chi connectivity index (χ4n) is 2.01. The molecule has 1 heterocycles. The third-order valence-electron chi connectivity index (χ3n) is 2.76. The lowest BCUT2D eigenvalue weighted by atomic mass is 10.1. The van der Waals surface area contributed by atoms with E-state index in [1.807, 2.05) is 0 Å². The predicted molar refractivity (Wildman–Crippen MR) is 60.0 cm³/mol. The second-order valence-corrected chi connectivity index (χ2v) is 5.41. The number of alkyl halides is 1. The monoisotopic (exact) mass is 230 g/mol. The van der Waals surface area contributed by atoms with Crippen LogP contribution in [-0.2, 0) is 12.8 Å². The van der Waals surface area contributed by atoms with Gasteiger partial charge < -0.3 is 0 Å². The van der Waals surface area contributed by atoms with Crippen LogP contribution in [-0.4, -0.2) is 16.1 Å². The number of hydrogen-bond acceptors (Lipinski definition) is 3. The molecule has 1 aromatic rings. The molecule has 1 saturated carbocycles. The first-order chi connectivity index (χ1) is 6.88. The van der Waals surface area contributed by atoms with E-state index in [9.17, 15) is 0 Å². The minimum atomic E-state index is 0.651. The van der Waals surface area contributed by atoms with Gasteiger partial charge >= 0.3 is 0 Å². The highest BCUT2D eigenvalue weighted by Crippen LogP contribution is 2.28. The van der Waals surface area contributed by atoms with Crippen LogP contribution in [0.1, 0.15) is 35.7 Å². The number of halogens is 1. The van der Waals surface area contributed by atoms with Gasteiger partial charge in [-0.15, -0.1) is 33.1 Å². The fraction of sp³-hybridized carbons (Fsp3) is 0.800. The Morgan fingerprint density at radius 2 is 1.93 bits per heavy atom. The molecular weight excluding hydrogens is 216 g/mol. The Bertz CT molecular complexity index is 281. The molecule has 0 spiro atoms. The van der Waals surface area contributed by atoms with Crippen LogP contribution in [0.4, 0.5) is 0 Å². The van der Waals surface area contributed by atoms with Crippen molar-refractivity contribution in [2.45, 2.75) is 38.5 Å². The van der Waals surface area contributed by atoms with Crippen LogP contribution >= 0.6 is 22.9 Å². The maximum Gasteiger partial charge on any atom is 0.118 e. The number of aryl methyl sites for hydroxylation is 1. The predicted octanol–water partition coefficient (Wildman–Crippen LogP) is 3.05. The minimum Gasteiger partial charge on any atom is -0.144 e. The zero-order valence-electron chi connectivity index (χ0n) is 8.21. The van der Waals surface area contributed by atoms with E-state index in [1.54, 1.807) is 11.3 Å². The van der Waals surface area contributed by atoms with Gasteiger partial charge in [0.25, 0.3) is 0 Å². The van der Waals surface area contributed by atoms with E-state index in [-0.39, 0.29) is 0 Å². The first-order valence-corrected chi connectivity index (χ1v) is 6.61. The molecule has 4 heteroatoms. The average molecular weight is 231 g/mol. The SMILES string of the molecule is ClCCc1nnc(CC2CCCC2)s1. The summed E-state index contributed by atoms with van der Waals surface area (Å²) in [5.41, 5.74) is 0. The van der Waals surface area contributed by atoms with Crippen molar-refractivity contribution < 1.29 is 0 Å². The second-order valence-electron chi connectivity index (χ2n) is 3.88.